The van der Waals surface area contributed by atoms with Gasteiger partial charge in [-0.05, 0) is 37.1 Å². The molecule has 0 atom stereocenters. The second-order valence-electron chi connectivity index (χ2n) is 6.22. The van der Waals surface area contributed by atoms with Crippen molar-refractivity contribution in [3.63, 3.8) is 0 Å². The van der Waals surface area contributed by atoms with Crippen molar-refractivity contribution in [1.29, 1.82) is 0 Å². The maximum Gasteiger partial charge on any atom is 0.471 e. The molecule has 1 aromatic rings. The SMILES string of the molecule is O=C(N1CC2(CC(Oc3ccc(S(=O)(=O)Cl)cc3)C2)C1)C(F)(F)F. The van der Waals surface area contributed by atoms with Gasteiger partial charge in [0.05, 0.1) is 4.90 Å². The Labute approximate surface area is 140 Å². The molecule has 0 bridgehead atoms. The van der Waals surface area contributed by atoms with Crippen molar-refractivity contribution in [2.45, 2.75) is 30.0 Å². The molecule has 3 rings (SSSR count). The fourth-order valence-electron chi connectivity index (χ4n) is 3.21. The summed E-state index contributed by atoms with van der Waals surface area (Å²) in [5.41, 5.74) is -0.287. The van der Waals surface area contributed by atoms with E-state index in [0.717, 1.165) is 4.90 Å². The lowest BCUT2D eigenvalue weighted by atomic mass is 9.61. The van der Waals surface area contributed by atoms with Crippen molar-refractivity contribution in [1.82, 2.24) is 4.90 Å². The van der Waals surface area contributed by atoms with Gasteiger partial charge in [-0.2, -0.15) is 13.2 Å². The molecule has 0 unspecified atom stereocenters. The summed E-state index contributed by atoms with van der Waals surface area (Å²) in [4.78, 5) is 11.8. The third-order valence-corrected chi connectivity index (χ3v) is 5.68. The number of carbonyl (C=O) groups is 1. The van der Waals surface area contributed by atoms with Gasteiger partial charge in [-0.3, -0.25) is 4.79 Å². The molecule has 2 aliphatic rings. The zero-order chi connectivity index (χ0) is 17.8. The van der Waals surface area contributed by atoms with Gasteiger partial charge in [0.15, 0.2) is 0 Å². The average Bonchev–Trinajstić information content (AvgIpc) is 2.37. The van der Waals surface area contributed by atoms with Gasteiger partial charge in [-0.15, -0.1) is 0 Å². The predicted molar refractivity (Wildman–Crippen MR) is 78.2 cm³/mol. The van der Waals surface area contributed by atoms with E-state index in [9.17, 15) is 26.4 Å². The number of nitrogens with zero attached hydrogens (tertiary/aromatic N) is 1. The third kappa shape index (κ3) is 3.32. The third-order valence-electron chi connectivity index (χ3n) is 4.31. The van der Waals surface area contributed by atoms with Crippen LogP contribution >= 0.6 is 10.7 Å². The summed E-state index contributed by atoms with van der Waals surface area (Å²) in [5, 5.41) is 0. The molecule has 24 heavy (non-hydrogen) atoms. The maximum atomic E-state index is 12.3. The molecule has 0 aromatic heterocycles. The number of carbonyl (C=O) groups excluding carboxylic acids is 1. The minimum Gasteiger partial charge on any atom is -0.490 e. The summed E-state index contributed by atoms with van der Waals surface area (Å²) in [6, 6.07) is 5.58. The molecule has 2 fully saturated rings. The molecule has 0 N–H and O–H groups in total. The van der Waals surface area contributed by atoms with Crippen molar-refractivity contribution < 1.29 is 31.1 Å². The Morgan fingerprint density at radius 1 is 1.21 bits per heavy atom. The normalized spacial score (nSPS) is 20.4. The van der Waals surface area contributed by atoms with E-state index in [4.69, 9.17) is 15.4 Å². The van der Waals surface area contributed by atoms with Crippen molar-refractivity contribution in [2.24, 2.45) is 5.41 Å². The first kappa shape index (κ1) is 17.3. The van der Waals surface area contributed by atoms with Crippen LogP contribution in [0, 0.1) is 5.41 Å². The summed E-state index contributed by atoms with van der Waals surface area (Å²) >= 11 is 0. The summed E-state index contributed by atoms with van der Waals surface area (Å²) in [7, 11) is 1.42. The summed E-state index contributed by atoms with van der Waals surface area (Å²) in [6.07, 6.45) is -3.87. The van der Waals surface area contributed by atoms with Gasteiger partial charge in [0.25, 0.3) is 9.05 Å². The molecule has 1 aromatic carbocycles. The number of alkyl halides is 3. The van der Waals surface area contributed by atoms with Crippen LogP contribution in [0.3, 0.4) is 0 Å². The van der Waals surface area contributed by atoms with Crippen LogP contribution in [0.2, 0.25) is 0 Å². The largest absolute Gasteiger partial charge is 0.490 e. The Morgan fingerprint density at radius 2 is 1.75 bits per heavy atom. The average molecular weight is 384 g/mol. The van der Waals surface area contributed by atoms with Crippen molar-refractivity contribution in [2.75, 3.05) is 13.1 Å². The lowest BCUT2D eigenvalue weighted by Gasteiger charge is -2.58. The highest BCUT2D eigenvalue weighted by molar-refractivity contribution is 8.13. The minimum absolute atomic E-state index is 0.0399. The molecular formula is C14H13ClF3NO4S. The zero-order valence-corrected chi connectivity index (χ0v) is 13.8. The maximum absolute atomic E-state index is 12.3. The number of likely N-dealkylation sites (tertiary alicyclic amines) is 1. The molecule has 1 spiro atoms. The van der Waals surface area contributed by atoms with Gasteiger partial charge in [0, 0.05) is 29.2 Å². The van der Waals surface area contributed by atoms with Gasteiger partial charge >= 0.3 is 12.1 Å². The molecule has 1 aliphatic heterocycles. The second-order valence-corrected chi connectivity index (χ2v) is 8.78. The van der Waals surface area contributed by atoms with E-state index in [0.29, 0.717) is 18.6 Å². The second kappa shape index (κ2) is 5.52. The Balaban J connectivity index is 1.49. The number of hydrogen-bond donors (Lipinski definition) is 0. The monoisotopic (exact) mass is 383 g/mol. The Morgan fingerprint density at radius 3 is 2.21 bits per heavy atom. The Bertz CT molecular complexity index is 749. The Kier molecular flexibility index (Phi) is 3.99. The van der Waals surface area contributed by atoms with Gasteiger partial charge in [0.1, 0.15) is 11.9 Å². The standard InChI is InChI=1S/C14H13ClF3NO4S/c15-24(21,22)11-3-1-9(2-4-11)23-10-5-13(6-10)7-19(8-13)12(20)14(16,17)18/h1-4,10H,5-8H2. The first-order valence-electron chi connectivity index (χ1n) is 7.06. The van der Waals surface area contributed by atoms with Crippen LogP contribution in [0.5, 0.6) is 5.75 Å². The lowest BCUT2D eigenvalue weighted by Crippen LogP contribution is -2.67. The van der Waals surface area contributed by atoms with E-state index in [1.807, 2.05) is 0 Å². The molecular weight excluding hydrogens is 371 g/mol. The quantitative estimate of drug-likeness (QED) is 0.752. The van der Waals surface area contributed by atoms with Crippen LogP contribution in [-0.2, 0) is 13.8 Å². The molecule has 5 nitrogen and oxygen atoms in total. The van der Waals surface area contributed by atoms with E-state index >= 15 is 0 Å². The molecule has 1 saturated heterocycles. The molecule has 1 saturated carbocycles. The van der Waals surface area contributed by atoms with Gasteiger partial charge < -0.3 is 9.64 Å². The van der Waals surface area contributed by atoms with Gasteiger partial charge in [-0.1, -0.05) is 0 Å². The molecule has 132 valence electrons. The first-order valence-corrected chi connectivity index (χ1v) is 9.37. The zero-order valence-electron chi connectivity index (χ0n) is 12.2. The van der Waals surface area contributed by atoms with Crippen LogP contribution < -0.4 is 4.74 Å². The number of hydrogen-bond acceptors (Lipinski definition) is 4. The first-order chi connectivity index (χ1) is 11.0. The molecule has 1 heterocycles. The van der Waals surface area contributed by atoms with E-state index < -0.39 is 21.1 Å². The van der Waals surface area contributed by atoms with Crippen molar-refractivity contribution >= 4 is 25.6 Å². The molecule has 1 aliphatic carbocycles. The fourth-order valence-corrected chi connectivity index (χ4v) is 3.98. The van der Waals surface area contributed by atoms with Crippen molar-refractivity contribution in [3.8, 4) is 5.75 Å². The van der Waals surface area contributed by atoms with Crippen LogP contribution in [0.1, 0.15) is 12.8 Å². The molecule has 0 radical (unpaired) electrons. The summed E-state index contributed by atoms with van der Waals surface area (Å²) in [5.74, 6) is -1.34. The number of benzene rings is 1. The highest BCUT2D eigenvalue weighted by Crippen LogP contribution is 2.50. The smallest absolute Gasteiger partial charge is 0.471 e. The molecule has 10 heteroatoms. The van der Waals surface area contributed by atoms with Gasteiger partial charge in [-0.25, -0.2) is 8.42 Å². The lowest BCUT2D eigenvalue weighted by molar-refractivity contribution is -0.205. The number of ether oxygens (including phenoxy) is 1. The van der Waals surface area contributed by atoms with Crippen molar-refractivity contribution in [3.05, 3.63) is 24.3 Å². The summed E-state index contributed by atoms with van der Waals surface area (Å²) in [6.45, 7) is 0.184. The van der Waals surface area contributed by atoms with E-state index in [-0.39, 0.29) is 29.5 Å². The Hall–Kier alpha value is -1.48. The van der Waals surface area contributed by atoms with Crippen LogP contribution in [-0.4, -0.2) is 44.6 Å². The summed E-state index contributed by atoms with van der Waals surface area (Å²) < 4.78 is 64.8. The minimum atomic E-state index is -4.83. The predicted octanol–water partition coefficient (Wildman–Crippen LogP) is 2.55. The van der Waals surface area contributed by atoms with E-state index in [2.05, 4.69) is 0 Å². The number of amides is 1. The fraction of sp³-hybridized carbons (Fsp3) is 0.500. The topological polar surface area (TPSA) is 63.7 Å². The van der Waals surface area contributed by atoms with Crippen LogP contribution in [0.4, 0.5) is 13.2 Å². The number of halogens is 4. The molecule has 1 amide bonds. The highest BCUT2D eigenvalue weighted by atomic mass is 35.7. The highest BCUT2D eigenvalue weighted by Gasteiger charge is 2.58. The van der Waals surface area contributed by atoms with Gasteiger partial charge in [0.2, 0.25) is 0 Å². The van der Waals surface area contributed by atoms with Crippen LogP contribution in [0.15, 0.2) is 29.2 Å². The van der Waals surface area contributed by atoms with E-state index in [1.165, 1.54) is 24.3 Å². The number of rotatable bonds is 3. The van der Waals surface area contributed by atoms with Crippen LogP contribution in [0.25, 0.3) is 0 Å². The van der Waals surface area contributed by atoms with E-state index in [1.54, 1.807) is 0 Å².